The first kappa shape index (κ1) is 15.0. The van der Waals surface area contributed by atoms with Gasteiger partial charge in [-0.05, 0) is 44.4 Å². The van der Waals surface area contributed by atoms with Gasteiger partial charge in [-0.2, -0.15) is 0 Å². The summed E-state index contributed by atoms with van der Waals surface area (Å²) < 4.78 is 5.69. The molecule has 0 saturated carbocycles. The minimum Gasteiger partial charge on any atom is -0.489 e. The van der Waals surface area contributed by atoms with Gasteiger partial charge in [0.1, 0.15) is 5.75 Å². The van der Waals surface area contributed by atoms with Gasteiger partial charge in [0.15, 0.2) is 0 Å². The second-order valence-electron chi connectivity index (χ2n) is 6.23. The van der Waals surface area contributed by atoms with Crippen LogP contribution in [-0.2, 0) is 0 Å². The molecule has 1 atom stereocenters. The smallest absolute Gasteiger partial charge is 0.138 e. The minimum atomic E-state index is 0.178. The zero-order valence-electron chi connectivity index (χ0n) is 12.4. The number of pyridine rings is 1. The number of rotatable bonds is 5. The molecular formula is C15H26N2O. The molecule has 3 nitrogen and oxygen atoms in total. The molecule has 1 N–H and O–H groups in total. The second kappa shape index (κ2) is 6.19. The van der Waals surface area contributed by atoms with E-state index in [9.17, 15) is 0 Å². The van der Waals surface area contributed by atoms with Crippen LogP contribution in [0, 0.1) is 5.41 Å². The average Bonchev–Trinajstić information content (AvgIpc) is 2.24. The van der Waals surface area contributed by atoms with Gasteiger partial charge in [-0.15, -0.1) is 0 Å². The molecule has 18 heavy (non-hydrogen) atoms. The highest BCUT2D eigenvalue weighted by Crippen LogP contribution is 2.30. The van der Waals surface area contributed by atoms with Crippen molar-refractivity contribution >= 4 is 0 Å². The number of nitrogens with one attached hydrogen (secondary N) is 1. The van der Waals surface area contributed by atoms with Crippen molar-refractivity contribution in [3.8, 4) is 5.75 Å². The fourth-order valence-corrected chi connectivity index (χ4v) is 1.96. The minimum absolute atomic E-state index is 0.178. The Bertz CT molecular complexity index is 369. The van der Waals surface area contributed by atoms with E-state index in [1.165, 1.54) is 5.56 Å². The Labute approximate surface area is 111 Å². The lowest BCUT2D eigenvalue weighted by Crippen LogP contribution is -2.22. The molecule has 0 aromatic carbocycles. The molecule has 1 aromatic rings. The third kappa shape index (κ3) is 5.05. The number of aromatic nitrogens is 1. The summed E-state index contributed by atoms with van der Waals surface area (Å²) in [5, 5.41) is 3.36. The first-order valence-corrected chi connectivity index (χ1v) is 6.60. The van der Waals surface area contributed by atoms with Crippen LogP contribution in [0.4, 0.5) is 0 Å². The molecule has 3 heteroatoms. The van der Waals surface area contributed by atoms with Crippen LogP contribution in [0.15, 0.2) is 18.5 Å². The van der Waals surface area contributed by atoms with Crippen molar-refractivity contribution in [2.75, 3.05) is 7.05 Å². The van der Waals surface area contributed by atoms with Crippen molar-refractivity contribution in [3.63, 3.8) is 0 Å². The molecule has 1 unspecified atom stereocenters. The summed E-state index contributed by atoms with van der Waals surface area (Å²) in [5.41, 5.74) is 1.47. The molecule has 1 aromatic heterocycles. The van der Waals surface area contributed by atoms with Crippen LogP contribution in [0.2, 0.25) is 0 Å². The van der Waals surface area contributed by atoms with Gasteiger partial charge >= 0.3 is 0 Å². The van der Waals surface area contributed by atoms with Crippen molar-refractivity contribution in [1.29, 1.82) is 0 Å². The van der Waals surface area contributed by atoms with Gasteiger partial charge in [0, 0.05) is 12.2 Å². The molecule has 0 bridgehead atoms. The lowest BCUT2D eigenvalue weighted by molar-refractivity contribution is 0.240. The number of nitrogens with zero attached hydrogens (tertiary/aromatic N) is 1. The predicted molar refractivity (Wildman–Crippen MR) is 75.9 cm³/mol. The lowest BCUT2D eigenvalue weighted by atomic mass is 9.86. The van der Waals surface area contributed by atoms with Crippen LogP contribution in [0.5, 0.6) is 5.75 Å². The molecule has 0 amide bonds. The van der Waals surface area contributed by atoms with Gasteiger partial charge in [0.2, 0.25) is 0 Å². The summed E-state index contributed by atoms with van der Waals surface area (Å²) in [7, 11) is 1.99. The molecule has 0 spiro atoms. The largest absolute Gasteiger partial charge is 0.489 e. The molecule has 0 aliphatic carbocycles. The normalized spacial score (nSPS) is 13.7. The molecule has 0 saturated heterocycles. The third-order valence-electron chi connectivity index (χ3n) is 2.67. The molecule has 0 aliphatic rings. The summed E-state index contributed by atoms with van der Waals surface area (Å²) in [5.74, 6) is 0.844. The quantitative estimate of drug-likeness (QED) is 0.867. The zero-order valence-corrected chi connectivity index (χ0v) is 12.4. The third-order valence-corrected chi connectivity index (χ3v) is 2.67. The van der Waals surface area contributed by atoms with Gasteiger partial charge in [-0.3, -0.25) is 4.98 Å². The summed E-state index contributed by atoms with van der Waals surface area (Å²) in [6.07, 6.45) is 4.93. The standard InChI is InChI=1S/C15H26N2O/c1-11(2)18-13-7-12(9-17-10-13)14(16-6)8-15(3,4)5/h7,9-11,14,16H,8H2,1-6H3. The van der Waals surface area contributed by atoms with Crippen LogP contribution in [0.1, 0.15) is 52.6 Å². The van der Waals surface area contributed by atoms with Crippen molar-refractivity contribution < 1.29 is 4.74 Å². The van der Waals surface area contributed by atoms with Gasteiger partial charge in [-0.1, -0.05) is 20.8 Å². The van der Waals surface area contributed by atoms with Crippen LogP contribution >= 0.6 is 0 Å². The maximum Gasteiger partial charge on any atom is 0.138 e. The summed E-state index contributed by atoms with van der Waals surface area (Å²) in [4.78, 5) is 4.27. The van der Waals surface area contributed by atoms with Crippen LogP contribution in [0.3, 0.4) is 0 Å². The monoisotopic (exact) mass is 250 g/mol. The van der Waals surface area contributed by atoms with Crippen LogP contribution < -0.4 is 10.1 Å². The van der Waals surface area contributed by atoms with E-state index in [1.54, 1.807) is 6.20 Å². The maximum absolute atomic E-state index is 5.69. The second-order valence-corrected chi connectivity index (χ2v) is 6.23. The molecular weight excluding hydrogens is 224 g/mol. The maximum atomic E-state index is 5.69. The Kier molecular flexibility index (Phi) is 5.15. The van der Waals surface area contributed by atoms with E-state index in [4.69, 9.17) is 4.74 Å². The van der Waals surface area contributed by atoms with Crippen LogP contribution in [0.25, 0.3) is 0 Å². The van der Waals surface area contributed by atoms with E-state index in [0.29, 0.717) is 6.04 Å². The highest BCUT2D eigenvalue weighted by Gasteiger charge is 2.19. The zero-order chi connectivity index (χ0) is 13.8. The Balaban J connectivity index is 2.86. The number of hydrogen-bond acceptors (Lipinski definition) is 3. The molecule has 1 heterocycles. The van der Waals surface area contributed by atoms with Gasteiger partial charge in [0.05, 0.1) is 12.3 Å². The molecule has 0 radical (unpaired) electrons. The summed E-state index contributed by atoms with van der Waals surface area (Å²) in [6, 6.07) is 2.40. The highest BCUT2D eigenvalue weighted by molar-refractivity contribution is 5.26. The first-order chi connectivity index (χ1) is 8.31. The van der Waals surface area contributed by atoms with E-state index in [1.807, 2.05) is 27.1 Å². The van der Waals surface area contributed by atoms with Crippen molar-refractivity contribution in [1.82, 2.24) is 10.3 Å². The van der Waals surface area contributed by atoms with E-state index in [2.05, 4.69) is 37.1 Å². The van der Waals surface area contributed by atoms with Crippen molar-refractivity contribution in [2.45, 2.75) is 53.2 Å². The van der Waals surface area contributed by atoms with Crippen molar-refractivity contribution in [3.05, 3.63) is 24.0 Å². The Morgan fingerprint density at radius 3 is 2.44 bits per heavy atom. The van der Waals surface area contributed by atoms with Gasteiger partial charge in [0.25, 0.3) is 0 Å². The predicted octanol–water partition coefficient (Wildman–Crippen LogP) is 3.57. The topological polar surface area (TPSA) is 34.2 Å². The molecule has 0 aliphatic heterocycles. The first-order valence-electron chi connectivity index (χ1n) is 6.60. The fourth-order valence-electron chi connectivity index (χ4n) is 1.96. The number of ether oxygens (including phenoxy) is 1. The fraction of sp³-hybridized carbons (Fsp3) is 0.667. The molecule has 0 fully saturated rings. The van der Waals surface area contributed by atoms with Gasteiger partial charge < -0.3 is 10.1 Å². The van der Waals surface area contributed by atoms with Gasteiger partial charge in [-0.25, -0.2) is 0 Å². The van der Waals surface area contributed by atoms with E-state index < -0.39 is 0 Å². The Hall–Kier alpha value is -1.09. The molecule has 102 valence electrons. The van der Waals surface area contributed by atoms with E-state index in [-0.39, 0.29) is 11.5 Å². The summed E-state index contributed by atoms with van der Waals surface area (Å²) >= 11 is 0. The Morgan fingerprint density at radius 1 is 1.28 bits per heavy atom. The Morgan fingerprint density at radius 2 is 1.94 bits per heavy atom. The molecule has 1 rings (SSSR count). The van der Waals surface area contributed by atoms with E-state index in [0.717, 1.165) is 12.2 Å². The van der Waals surface area contributed by atoms with Crippen molar-refractivity contribution in [2.24, 2.45) is 5.41 Å². The van der Waals surface area contributed by atoms with Crippen LogP contribution in [-0.4, -0.2) is 18.1 Å². The average molecular weight is 250 g/mol. The lowest BCUT2D eigenvalue weighted by Gasteiger charge is -2.26. The number of hydrogen-bond donors (Lipinski definition) is 1. The highest BCUT2D eigenvalue weighted by atomic mass is 16.5. The SMILES string of the molecule is CNC(CC(C)(C)C)c1cncc(OC(C)C)c1. The van der Waals surface area contributed by atoms with E-state index >= 15 is 0 Å². The summed E-state index contributed by atoms with van der Waals surface area (Å²) in [6.45, 7) is 10.8.